The number of amides is 2. The van der Waals surface area contributed by atoms with Crippen molar-refractivity contribution in [2.24, 2.45) is 0 Å². The number of aryl methyl sites for hydroxylation is 1. The summed E-state index contributed by atoms with van der Waals surface area (Å²) in [5, 5.41) is 7.70. The topological polar surface area (TPSA) is 41.1 Å². The van der Waals surface area contributed by atoms with Crippen LogP contribution >= 0.6 is 27.3 Å². The van der Waals surface area contributed by atoms with Crippen LogP contribution < -0.4 is 10.6 Å². The van der Waals surface area contributed by atoms with E-state index in [2.05, 4.69) is 26.6 Å². The second-order valence-corrected chi connectivity index (χ2v) is 6.11. The molecule has 0 aliphatic heterocycles. The summed E-state index contributed by atoms with van der Waals surface area (Å²) in [5.41, 5.74) is 2.32. The first-order chi connectivity index (χ1) is 9.15. The molecule has 0 fully saturated rings. The second kappa shape index (κ2) is 6.73. The zero-order valence-electron chi connectivity index (χ0n) is 10.6. The molecule has 1 aromatic heterocycles. The fraction of sp³-hybridized carbons (Fsp3) is 0.214. The Bertz CT molecular complexity index is 568. The summed E-state index contributed by atoms with van der Waals surface area (Å²) in [6.45, 7) is 3.14. The van der Waals surface area contributed by atoms with E-state index in [1.165, 1.54) is 5.56 Å². The summed E-state index contributed by atoms with van der Waals surface area (Å²) in [4.78, 5) is 12.8. The third kappa shape index (κ3) is 4.36. The second-order valence-electron chi connectivity index (χ2n) is 4.19. The molecule has 100 valence electrons. The van der Waals surface area contributed by atoms with Gasteiger partial charge in [-0.1, -0.05) is 24.3 Å². The minimum atomic E-state index is -0.146. The standard InChI is InChI=1S/C14H15BrN2OS/c1-10-4-2-3-5-11(10)7-16-14(18)17-8-13-6-12(15)9-19-13/h2-6,9H,7-8H2,1H3,(H2,16,17,18). The summed E-state index contributed by atoms with van der Waals surface area (Å²) in [6.07, 6.45) is 0. The van der Waals surface area contributed by atoms with Crippen molar-refractivity contribution in [2.45, 2.75) is 20.0 Å². The van der Waals surface area contributed by atoms with Crippen molar-refractivity contribution >= 4 is 33.3 Å². The van der Waals surface area contributed by atoms with Crippen molar-refractivity contribution in [3.8, 4) is 0 Å². The number of benzene rings is 1. The van der Waals surface area contributed by atoms with Crippen LogP contribution in [0.15, 0.2) is 40.2 Å². The number of carbonyl (C=O) groups excluding carboxylic acids is 1. The zero-order chi connectivity index (χ0) is 13.7. The van der Waals surface area contributed by atoms with Crippen molar-refractivity contribution in [2.75, 3.05) is 0 Å². The molecule has 0 unspecified atom stereocenters. The lowest BCUT2D eigenvalue weighted by Gasteiger charge is -2.08. The molecular formula is C14H15BrN2OS. The lowest BCUT2D eigenvalue weighted by Crippen LogP contribution is -2.34. The highest BCUT2D eigenvalue weighted by atomic mass is 79.9. The average Bonchev–Trinajstić information content (AvgIpc) is 2.81. The van der Waals surface area contributed by atoms with E-state index in [4.69, 9.17) is 0 Å². The summed E-state index contributed by atoms with van der Waals surface area (Å²) in [7, 11) is 0. The molecule has 0 saturated heterocycles. The summed E-state index contributed by atoms with van der Waals surface area (Å²) in [6, 6.07) is 9.89. The van der Waals surface area contributed by atoms with E-state index in [9.17, 15) is 4.79 Å². The lowest BCUT2D eigenvalue weighted by atomic mass is 10.1. The number of carbonyl (C=O) groups is 1. The molecule has 0 bridgehead atoms. The van der Waals surface area contributed by atoms with Crippen molar-refractivity contribution < 1.29 is 4.79 Å². The Morgan fingerprint density at radius 1 is 1.26 bits per heavy atom. The predicted octanol–water partition coefficient (Wildman–Crippen LogP) is 3.82. The van der Waals surface area contributed by atoms with Gasteiger partial charge in [0.15, 0.2) is 0 Å². The maximum atomic E-state index is 11.7. The Morgan fingerprint density at radius 3 is 2.68 bits per heavy atom. The third-order valence-corrected chi connectivity index (χ3v) is 4.44. The van der Waals surface area contributed by atoms with Crippen LogP contribution in [-0.2, 0) is 13.1 Å². The zero-order valence-corrected chi connectivity index (χ0v) is 13.0. The normalized spacial score (nSPS) is 10.2. The fourth-order valence-electron chi connectivity index (χ4n) is 1.66. The minimum absolute atomic E-state index is 0.146. The molecule has 19 heavy (non-hydrogen) atoms. The smallest absolute Gasteiger partial charge is 0.315 e. The highest BCUT2D eigenvalue weighted by Gasteiger charge is 2.03. The van der Waals surface area contributed by atoms with Crippen LogP contribution in [0.25, 0.3) is 0 Å². The number of thiophene rings is 1. The van der Waals surface area contributed by atoms with Gasteiger partial charge < -0.3 is 10.6 Å². The molecule has 0 atom stereocenters. The summed E-state index contributed by atoms with van der Waals surface area (Å²) >= 11 is 5.01. The van der Waals surface area contributed by atoms with Gasteiger partial charge in [0.05, 0.1) is 6.54 Å². The molecule has 5 heteroatoms. The first-order valence-electron chi connectivity index (χ1n) is 5.94. The number of rotatable bonds is 4. The Morgan fingerprint density at radius 2 is 2.00 bits per heavy atom. The molecule has 0 aliphatic carbocycles. The van der Waals surface area contributed by atoms with Gasteiger partial charge in [0, 0.05) is 21.3 Å². The van der Waals surface area contributed by atoms with E-state index in [1.807, 2.05) is 42.6 Å². The van der Waals surface area contributed by atoms with Crippen LogP contribution in [0.1, 0.15) is 16.0 Å². The van der Waals surface area contributed by atoms with Crippen molar-refractivity contribution in [1.29, 1.82) is 0 Å². The molecule has 1 aromatic carbocycles. The van der Waals surface area contributed by atoms with Gasteiger partial charge in [-0.15, -0.1) is 11.3 Å². The molecule has 0 spiro atoms. The summed E-state index contributed by atoms with van der Waals surface area (Å²) in [5.74, 6) is 0. The Kier molecular flexibility index (Phi) is 4.99. The largest absolute Gasteiger partial charge is 0.334 e. The molecule has 1 heterocycles. The van der Waals surface area contributed by atoms with E-state index in [1.54, 1.807) is 11.3 Å². The SMILES string of the molecule is Cc1ccccc1CNC(=O)NCc1cc(Br)cs1. The maximum Gasteiger partial charge on any atom is 0.315 e. The quantitative estimate of drug-likeness (QED) is 0.874. The molecule has 0 aliphatic rings. The van der Waals surface area contributed by atoms with Crippen LogP contribution in [-0.4, -0.2) is 6.03 Å². The first-order valence-corrected chi connectivity index (χ1v) is 7.61. The number of halogens is 1. The monoisotopic (exact) mass is 338 g/mol. The molecule has 2 amide bonds. The molecule has 3 nitrogen and oxygen atoms in total. The van der Waals surface area contributed by atoms with E-state index < -0.39 is 0 Å². The molecule has 2 rings (SSSR count). The molecule has 2 aromatic rings. The summed E-state index contributed by atoms with van der Waals surface area (Å²) < 4.78 is 1.05. The minimum Gasteiger partial charge on any atom is -0.334 e. The van der Waals surface area contributed by atoms with Gasteiger partial charge in [-0.05, 0) is 40.0 Å². The molecule has 2 N–H and O–H groups in total. The third-order valence-electron chi connectivity index (χ3n) is 2.75. The molecule has 0 radical (unpaired) electrons. The van der Waals surface area contributed by atoms with Gasteiger partial charge in [0.1, 0.15) is 0 Å². The van der Waals surface area contributed by atoms with Gasteiger partial charge >= 0.3 is 6.03 Å². The van der Waals surface area contributed by atoms with Gasteiger partial charge in [0.2, 0.25) is 0 Å². The van der Waals surface area contributed by atoms with Gasteiger partial charge in [0.25, 0.3) is 0 Å². The fourth-order valence-corrected chi connectivity index (χ4v) is 3.05. The maximum absolute atomic E-state index is 11.7. The van der Waals surface area contributed by atoms with Crippen LogP contribution in [0.5, 0.6) is 0 Å². The predicted molar refractivity (Wildman–Crippen MR) is 82.3 cm³/mol. The van der Waals surface area contributed by atoms with Crippen LogP contribution in [0.4, 0.5) is 4.79 Å². The number of hydrogen-bond donors (Lipinski definition) is 2. The highest BCUT2D eigenvalue weighted by Crippen LogP contribution is 2.19. The van der Waals surface area contributed by atoms with E-state index in [0.717, 1.165) is 14.9 Å². The number of hydrogen-bond acceptors (Lipinski definition) is 2. The van der Waals surface area contributed by atoms with Crippen molar-refractivity contribution in [1.82, 2.24) is 10.6 Å². The van der Waals surface area contributed by atoms with E-state index in [-0.39, 0.29) is 6.03 Å². The van der Waals surface area contributed by atoms with Crippen molar-refractivity contribution in [3.63, 3.8) is 0 Å². The lowest BCUT2D eigenvalue weighted by molar-refractivity contribution is 0.240. The Labute approximate surface area is 125 Å². The van der Waals surface area contributed by atoms with E-state index in [0.29, 0.717) is 13.1 Å². The van der Waals surface area contributed by atoms with Crippen LogP contribution in [0, 0.1) is 6.92 Å². The average molecular weight is 339 g/mol. The van der Waals surface area contributed by atoms with E-state index >= 15 is 0 Å². The molecule has 0 saturated carbocycles. The molecular weight excluding hydrogens is 324 g/mol. The van der Waals surface area contributed by atoms with Crippen LogP contribution in [0.3, 0.4) is 0 Å². The van der Waals surface area contributed by atoms with Gasteiger partial charge in [-0.2, -0.15) is 0 Å². The number of urea groups is 1. The van der Waals surface area contributed by atoms with Gasteiger partial charge in [-0.3, -0.25) is 0 Å². The van der Waals surface area contributed by atoms with Gasteiger partial charge in [-0.25, -0.2) is 4.79 Å². The Balaban J connectivity index is 1.77. The van der Waals surface area contributed by atoms with Crippen LogP contribution in [0.2, 0.25) is 0 Å². The van der Waals surface area contributed by atoms with Crippen molar-refractivity contribution in [3.05, 3.63) is 56.2 Å². The Hall–Kier alpha value is -1.33. The number of nitrogens with one attached hydrogen (secondary N) is 2. The highest BCUT2D eigenvalue weighted by molar-refractivity contribution is 9.10. The first kappa shape index (κ1) is 14.1.